The van der Waals surface area contributed by atoms with Gasteiger partial charge in [-0.2, -0.15) is 0 Å². The van der Waals surface area contributed by atoms with Crippen LogP contribution >= 0.6 is 0 Å². The monoisotopic (exact) mass is 273 g/mol. The summed E-state index contributed by atoms with van der Waals surface area (Å²) in [7, 11) is 1.98. The molecule has 1 aliphatic rings. The van der Waals surface area contributed by atoms with E-state index in [0.29, 0.717) is 13.1 Å². The largest absolute Gasteiger partial charge is 0.480 e. The average molecular weight is 273 g/mol. The number of primary amides is 1. The molecule has 1 atom stereocenters. The SMILES string of the molecule is CN1CCN(NC(=O)NC(CC(N)=O)C(=O)O)CC1. The van der Waals surface area contributed by atoms with Crippen LogP contribution in [-0.2, 0) is 9.59 Å². The number of rotatable bonds is 5. The minimum absolute atomic E-state index is 0.439. The quantitative estimate of drug-likeness (QED) is 0.449. The topological polar surface area (TPSA) is 128 Å². The fourth-order valence-corrected chi connectivity index (χ4v) is 1.65. The van der Waals surface area contributed by atoms with Gasteiger partial charge in [0.25, 0.3) is 0 Å². The van der Waals surface area contributed by atoms with Crippen molar-refractivity contribution in [3.63, 3.8) is 0 Å². The standard InChI is InChI=1S/C10H19N5O4/c1-14-2-4-15(5-3-14)13-10(19)12-7(9(17)18)6-8(11)16/h7H,2-6H2,1H3,(H2,11,16)(H,17,18)(H2,12,13,19). The van der Waals surface area contributed by atoms with Crippen LogP contribution in [0.25, 0.3) is 0 Å². The van der Waals surface area contributed by atoms with Crippen LogP contribution in [0.2, 0.25) is 0 Å². The van der Waals surface area contributed by atoms with E-state index in [-0.39, 0.29) is 0 Å². The Morgan fingerprint density at radius 2 is 1.84 bits per heavy atom. The number of carboxylic acid groups (broad SMARTS) is 1. The molecule has 1 aliphatic heterocycles. The number of nitrogens with one attached hydrogen (secondary N) is 2. The highest BCUT2D eigenvalue weighted by molar-refractivity contribution is 5.87. The normalized spacial score (nSPS) is 18.6. The summed E-state index contributed by atoms with van der Waals surface area (Å²) in [5, 5.41) is 12.7. The van der Waals surface area contributed by atoms with Crippen molar-refractivity contribution in [3.8, 4) is 0 Å². The predicted octanol–water partition coefficient (Wildman–Crippen LogP) is -2.22. The lowest BCUT2D eigenvalue weighted by Gasteiger charge is -2.32. The lowest BCUT2D eigenvalue weighted by molar-refractivity contribution is -0.140. The Bertz CT molecular complexity index is 354. The molecule has 5 N–H and O–H groups in total. The van der Waals surface area contributed by atoms with Crippen molar-refractivity contribution in [1.29, 1.82) is 0 Å². The smallest absolute Gasteiger partial charge is 0.330 e. The second-order valence-electron chi connectivity index (χ2n) is 4.44. The van der Waals surface area contributed by atoms with Crippen molar-refractivity contribution in [1.82, 2.24) is 20.7 Å². The zero-order chi connectivity index (χ0) is 14.4. The van der Waals surface area contributed by atoms with E-state index in [0.717, 1.165) is 13.1 Å². The lowest BCUT2D eigenvalue weighted by atomic mass is 10.2. The molecule has 108 valence electrons. The molecule has 0 radical (unpaired) electrons. The van der Waals surface area contributed by atoms with Gasteiger partial charge in [0.15, 0.2) is 0 Å². The van der Waals surface area contributed by atoms with Gasteiger partial charge >= 0.3 is 12.0 Å². The van der Waals surface area contributed by atoms with E-state index in [1.165, 1.54) is 0 Å². The minimum atomic E-state index is -1.31. The van der Waals surface area contributed by atoms with Crippen molar-refractivity contribution < 1.29 is 19.5 Å². The Hall–Kier alpha value is -1.87. The van der Waals surface area contributed by atoms with Crippen LogP contribution in [0.4, 0.5) is 4.79 Å². The number of hydrogen-bond acceptors (Lipinski definition) is 5. The van der Waals surface area contributed by atoms with E-state index in [4.69, 9.17) is 10.8 Å². The van der Waals surface area contributed by atoms with E-state index in [2.05, 4.69) is 15.6 Å². The van der Waals surface area contributed by atoms with Crippen LogP contribution in [0.5, 0.6) is 0 Å². The summed E-state index contributed by atoms with van der Waals surface area (Å²) in [6, 6.07) is -1.97. The highest BCUT2D eigenvalue weighted by atomic mass is 16.4. The third kappa shape index (κ3) is 5.53. The Kier molecular flexibility index (Phi) is 5.52. The highest BCUT2D eigenvalue weighted by Gasteiger charge is 2.23. The molecule has 1 unspecified atom stereocenters. The number of carbonyl (C=O) groups is 3. The summed E-state index contributed by atoms with van der Waals surface area (Å²) in [4.78, 5) is 35.2. The maximum absolute atomic E-state index is 11.6. The van der Waals surface area contributed by atoms with Crippen LogP contribution in [0.1, 0.15) is 6.42 Å². The van der Waals surface area contributed by atoms with Gasteiger partial charge in [-0.25, -0.2) is 14.6 Å². The zero-order valence-corrected chi connectivity index (χ0v) is 10.8. The zero-order valence-electron chi connectivity index (χ0n) is 10.8. The van der Waals surface area contributed by atoms with Gasteiger partial charge < -0.3 is 21.1 Å². The molecular formula is C10H19N5O4. The van der Waals surface area contributed by atoms with Gasteiger partial charge in [0.2, 0.25) is 5.91 Å². The van der Waals surface area contributed by atoms with Gasteiger partial charge in [0.05, 0.1) is 6.42 Å². The first-order chi connectivity index (χ1) is 8.88. The van der Waals surface area contributed by atoms with E-state index in [1.807, 2.05) is 7.05 Å². The maximum atomic E-state index is 11.6. The fraction of sp³-hybridized carbons (Fsp3) is 0.700. The molecule has 1 heterocycles. The van der Waals surface area contributed by atoms with E-state index >= 15 is 0 Å². The first kappa shape index (κ1) is 15.2. The summed E-state index contributed by atoms with van der Waals surface area (Å²) in [6.45, 7) is 2.92. The number of urea groups is 1. The lowest BCUT2D eigenvalue weighted by Crippen LogP contribution is -2.57. The van der Waals surface area contributed by atoms with Gasteiger partial charge in [-0.15, -0.1) is 0 Å². The molecule has 9 nitrogen and oxygen atoms in total. The van der Waals surface area contributed by atoms with E-state index in [9.17, 15) is 14.4 Å². The van der Waals surface area contributed by atoms with Crippen LogP contribution in [0.15, 0.2) is 0 Å². The van der Waals surface area contributed by atoms with Crippen molar-refractivity contribution in [2.75, 3.05) is 33.2 Å². The molecule has 1 saturated heterocycles. The first-order valence-corrected chi connectivity index (χ1v) is 5.90. The van der Waals surface area contributed by atoms with Gasteiger partial charge in [0.1, 0.15) is 6.04 Å². The summed E-state index contributed by atoms with van der Waals surface area (Å²) >= 11 is 0. The van der Waals surface area contributed by atoms with E-state index in [1.54, 1.807) is 5.01 Å². The molecule has 0 spiro atoms. The average Bonchev–Trinajstić information content (AvgIpc) is 2.30. The number of hydrazine groups is 1. The number of hydrogen-bond donors (Lipinski definition) is 4. The molecule has 9 heteroatoms. The molecule has 0 aromatic rings. The Morgan fingerprint density at radius 1 is 1.26 bits per heavy atom. The number of likely N-dealkylation sites (N-methyl/N-ethyl adjacent to an activating group) is 1. The van der Waals surface area contributed by atoms with Crippen molar-refractivity contribution in [2.24, 2.45) is 5.73 Å². The van der Waals surface area contributed by atoms with Gasteiger partial charge in [0, 0.05) is 26.2 Å². The number of amides is 3. The van der Waals surface area contributed by atoms with Gasteiger partial charge in [-0.05, 0) is 7.05 Å². The third-order valence-corrected chi connectivity index (χ3v) is 2.77. The van der Waals surface area contributed by atoms with Crippen molar-refractivity contribution in [3.05, 3.63) is 0 Å². The second-order valence-corrected chi connectivity index (χ2v) is 4.44. The van der Waals surface area contributed by atoms with Gasteiger partial charge in [-0.3, -0.25) is 10.2 Å². The molecule has 0 aliphatic carbocycles. The molecule has 1 fully saturated rings. The van der Waals surface area contributed by atoms with Crippen molar-refractivity contribution >= 4 is 17.9 Å². The summed E-state index contributed by atoms with van der Waals surface area (Å²) in [5.41, 5.74) is 7.46. The molecule has 0 aromatic heterocycles. The number of carbonyl (C=O) groups excluding carboxylic acids is 2. The maximum Gasteiger partial charge on any atom is 0.330 e. The number of aliphatic carboxylic acids is 1. The summed E-state index contributed by atoms with van der Waals surface area (Å²) in [5.74, 6) is -2.08. The molecule has 0 aromatic carbocycles. The van der Waals surface area contributed by atoms with Crippen LogP contribution in [0, 0.1) is 0 Å². The minimum Gasteiger partial charge on any atom is -0.480 e. The van der Waals surface area contributed by atoms with Crippen LogP contribution in [-0.4, -0.2) is 72.2 Å². The number of nitrogens with zero attached hydrogens (tertiary/aromatic N) is 2. The van der Waals surface area contributed by atoms with Crippen LogP contribution < -0.4 is 16.5 Å². The Balaban J connectivity index is 2.40. The first-order valence-electron chi connectivity index (χ1n) is 5.90. The van der Waals surface area contributed by atoms with Gasteiger partial charge in [-0.1, -0.05) is 0 Å². The number of nitrogens with two attached hydrogens (primary N) is 1. The molecular weight excluding hydrogens is 254 g/mol. The Morgan fingerprint density at radius 3 is 2.32 bits per heavy atom. The number of piperazine rings is 1. The molecule has 0 saturated carbocycles. The second kappa shape index (κ2) is 6.90. The third-order valence-electron chi connectivity index (χ3n) is 2.77. The predicted molar refractivity (Wildman–Crippen MR) is 66.0 cm³/mol. The highest BCUT2D eigenvalue weighted by Crippen LogP contribution is 1.96. The summed E-state index contributed by atoms with van der Waals surface area (Å²) < 4.78 is 0. The molecule has 19 heavy (non-hydrogen) atoms. The molecule has 0 bridgehead atoms. The molecule has 1 rings (SSSR count). The summed E-state index contributed by atoms with van der Waals surface area (Å²) in [6.07, 6.45) is -0.439. The van der Waals surface area contributed by atoms with Crippen LogP contribution in [0.3, 0.4) is 0 Å². The fourth-order valence-electron chi connectivity index (χ4n) is 1.65. The van der Waals surface area contributed by atoms with E-state index < -0.39 is 30.4 Å². The Labute approximate surface area is 110 Å². The molecule has 3 amide bonds. The number of carboxylic acids is 1. The van der Waals surface area contributed by atoms with Crippen molar-refractivity contribution in [2.45, 2.75) is 12.5 Å².